The first kappa shape index (κ1) is 9.75. The first-order valence-corrected chi connectivity index (χ1v) is 4.76. The van der Waals surface area contributed by atoms with Gasteiger partial charge in [-0.3, -0.25) is 0 Å². The van der Waals surface area contributed by atoms with Crippen molar-refractivity contribution in [3.63, 3.8) is 0 Å². The van der Waals surface area contributed by atoms with Crippen LogP contribution < -0.4 is 0 Å². The van der Waals surface area contributed by atoms with Crippen molar-refractivity contribution in [3.8, 4) is 0 Å². The first-order valence-electron chi connectivity index (χ1n) is 3.97. The van der Waals surface area contributed by atoms with E-state index in [-0.39, 0.29) is 6.10 Å². The normalized spacial score (nSPS) is 13.1. The third kappa shape index (κ3) is 1.87. The van der Waals surface area contributed by atoms with Crippen LogP contribution in [-0.4, -0.2) is 5.11 Å². The fourth-order valence-electron chi connectivity index (χ4n) is 1.28. The van der Waals surface area contributed by atoms with Crippen molar-refractivity contribution in [3.05, 3.63) is 33.3 Å². The molecule has 1 unspecified atom stereocenters. The summed E-state index contributed by atoms with van der Waals surface area (Å²) in [6.07, 6.45) is -0.388. The molecule has 2 heteroatoms. The molecule has 1 nitrogen and oxygen atoms in total. The predicted octanol–water partition coefficient (Wildman–Crippen LogP) is 3.12. The van der Waals surface area contributed by atoms with Crippen LogP contribution in [-0.2, 0) is 0 Å². The lowest BCUT2D eigenvalue weighted by Gasteiger charge is -2.11. The Morgan fingerprint density at radius 1 is 1.33 bits per heavy atom. The standard InChI is InChI=1S/C10H13BrO/c1-6-4-9(8(3)12)7(2)10(11)5-6/h4-5,8,12H,1-3H3. The molecule has 0 aliphatic rings. The highest BCUT2D eigenvalue weighted by atomic mass is 79.9. The van der Waals surface area contributed by atoms with Crippen LogP contribution in [0.5, 0.6) is 0 Å². The zero-order valence-corrected chi connectivity index (χ0v) is 9.14. The highest BCUT2D eigenvalue weighted by Gasteiger charge is 2.07. The lowest BCUT2D eigenvalue weighted by Crippen LogP contribution is -1.96. The quantitative estimate of drug-likeness (QED) is 0.784. The van der Waals surface area contributed by atoms with Crippen LogP contribution in [0.4, 0.5) is 0 Å². The van der Waals surface area contributed by atoms with Crippen molar-refractivity contribution in [1.29, 1.82) is 0 Å². The summed E-state index contributed by atoms with van der Waals surface area (Å²) in [5.74, 6) is 0. The maximum absolute atomic E-state index is 9.43. The van der Waals surface area contributed by atoms with E-state index in [0.717, 1.165) is 15.6 Å². The average Bonchev–Trinajstić information content (AvgIpc) is 1.96. The van der Waals surface area contributed by atoms with Crippen LogP contribution in [0.25, 0.3) is 0 Å². The fourth-order valence-corrected chi connectivity index (χ4v) is 1.87. The first-order chi connectivity index (χ1) is 5.52. The van der Waals surface area contributed by atoms with Crippen molar-refractivity contribution < 1.29 is 5.11 Å². The molecule has 0 spiro atoms. The van der Waals surface area contributed by atoms with E-state index in [4.69, 9.17) is 0 Å². The highest BCUT2D eigenvalue weighted by molar-refractivity contribution is 9.10. The van der Waals surface area contributed by atoms with Crippen molar-refractivity contribution in [2.75, 3.05) is 0 Å². The van der Waals surface area contributed by atoms with E-state index >= 15 is 0 Å². The monoisotopic (exact) mass is 228 g/mol. The summed E-state index contributed by atoms with van der Waals surface area (Å²) in [5, 5.41) is 9.43. The molecular weight excluding hydrogens is 216 g/mol. The molecule has 0 aromatic heterocycles. The molecule has 0 aliphatic carbocycles. The number of hydrogen-bond acceptors (Lipinski definition) is 1. The zero-order valence-electron chi connectivity index (χ0n) is 7.56. The maximum atomic E-state index is 9.43. The van der Waals surface area contributed by atoms with Gasteiger partial charge in [0.25, 0.3) is 0 Å². The molecule has 1 aromatic carbocycles. The fraction of sp³-hybridized carbons (Fsp3) is 0.400. The molecule has 0 bridgehead atoms. The van der Waals surface area contributed by atoms with E-state index in [1.54, 1.807) is 6.92 Å². The maximum Gasteiger partial charge on any atom is 0.0764 e. The Hall–Kier alpha value is -0.340. The average molecular weight is 229 g/mol. The molecule has 12 heavy (non-hydrogen) atoms. The predicted molar refractivity (Wildman–Crippen MR) is 54.2 cm³/mol. The van der Waals surface area contributed by atoms with E-state index in [9.17, 15) is 5.11 Å². The lowest BCUT2D eigenvalue weighted by molar-refractivity contribution is 0.198. The largest absolute Gasteiger partial charge is 0.389 e. The third-order valence-electron chi connectivity index (χ3n) is 1.98. The number of aliphatic hydroxyl groups excluding tert-OH is 1. The van der Waals surface area contributed by atoms with E-state index in [1.165, 1.54) is 5.56 Å². The molecule has 0 saturated heterocycles. The van der Waals surface area contributed by atoms with Crippen LogP contribution in [0.2, 0.25) is 0 Å². The Morgan fingerprint density at radius 3 is 2.42 bits per heavy atom. The Balaban J connectivity index is 3.28. The van der Waals surface area contributed by atoms with Gasteiger partial charge in [0.15, 0.2) is 0 Å². The second kappa shape index (κ2) is 3.58. The van der Waals surface area contributed by atoms with Gasteiger partial charge in [0.1, 0.15) is 0 Å². The summed E-state index contributed by atoms with van der Waals surface area (Å²) < 4.78 is 1.07. The zero-order chi connectivity index (χ0) is 9.30. The molecule has 1 atom stereocenters. The van der Waals surface area contributed by atoms with Crippen LogP contribution in [0.15, 0.2) is 16.6 Å². The van der Waals surface area contributed by atoms with Gasteiger partial charge in [-0.1, -0.05) is 22.0 Å². The summed E-state index contributed by atoms with van der Waals surface area (Å²) >= 11 is 3.45. The molecule has 0 heterocycles. The van der Waals surface area contributed by atoms with Gasteiger partial charge in [-0.15, -0.1) is 0 Å². The second-order valence-electron chi connectivity index (χ2n) is 3.14. The molecule has 0 saturated carbocycles. The molecule has 1 aromatic rings. The summed E-state index contributed by atoms with van der Waals surface area (Å²) in [4.78, 5) is 0. The minimum atomic E-state index is -0.388. The molecule has 0 fully saturated rings. The molecule has 66 valence electrons. The number of aryl methyl sites for hydroxylation is 1. The summed E-state index contributed by atoms with van der Waals surface area (Å²) in [5.41, 5.74) is 3.29. The van der Waals surface area contributed by atoms with Crippen molar-refractivity contribution in [2.24, 2.45) is 0 Å². The minimum absolute atomic E-state index is 0.388. The molecule has 1 rings (SSSR count). The number of hydrogen-bond donors (Lipinski definition) is 1. The molecule has 1 N–H and O–H groups in total. The Kier molecular flexibility index (Phi) is 2.91. The van der Waals surface area contributed by atoms with E-state index < -0.39 is 0 Å². The third-order valence-corrected chi connectivity index (χ3v) is 2.80. The number of halogens is 1. The lowest BCUT2D eigenvalue weighted by atomic mass is 10.0. The highest BCUT2D eigenvalue weighted by Crippen LogP contribution is 2.26. The molecular formula is C10H13BrO. The Morgan fingerprint density at radius 2 is 1.92 bits per heavy atom. The van der Waals surface area contributed by atoms with Crippen LogP contribution in [0, 0.1) is 13.8 Å². The smallest absolute Gasteiger partial charge is 0.0764 e. The molecule has 0 aliphatic heterocycles. The van der Waals surface area contributed by atoms with Gasteiger partial charge >= 0.3 is 0 Å². The number of aliphatic hydroxyl groups is 1. The van der Waals surface area contributed by atoms with Crippen LogP contribution in [0.3, 0.4) is 0 Å². The number of rotatable bonds is 1. The van der Waals surface area contributed by atoms with E-state index in [0.29, 0.717) is 0 Å². The van der Waals surface area contributed by atoms with Gasteiger partial charge in [0, 0.05) is 4.47 Å². The Bertz CT molecular complexity index is 292. The van der Waals surface area contributed by atoms with Gasteiger partial charge < -0.3 is 5.11 Å². The number of benzene rings is 1. The topological polar surface area (TPSA) is 20.2 Å². The summed E-state index contributed by atoms with van der Waals surface area (Å²) in [6.45, 7) is 5.82. The van der Waals surface area contributed by atoms with Crippen molar-refractivity contribution in [2.45, 2.75) is 26.9 Å². The molecule has 0 amide bonds. The van der Waals surface area contributed by atoms with Gasteiger partial charge in [-0.05, 0) is 43.5 Å². The SMILES string of the molecule is Cc1cc(Br)c(C)c(C(C)O)c1. The van der Waals surface area contributed by atoms with Crippen molar-refractivity contribution in [1.82, 2.24) is 0 Å². The van der Waals surface area contributed by atoms with Gasteiger partial charge in [-0.25, -0.2) is 0 Å². The van der Waals surface area contributed by atoms with Crippen LogP contribution in [0.1, 0.15) is 29.7 Å². The van der Waals surface area contributed by atoms with E-state index in [1.807, 2.05) is 19.9 Å². The molecule has 0 radical (unpaired) electrons. The van der Waals surface area contributed by atoms with Crippen molar-refractivity contribution >= 4 is 15.9 Å². The van der Waals surface area contributed by atoms with Gasteiger partial charge in [-0.2, -0.15) is 0 Å². The minimum Gasteiger partial charge on any atom is -0.389 e. The summed E-state index contributed by atoms with van der Waals surface area (Å²) in [6, 6.07) is 4.08. The van der Waals surface area contributed by atoms with E-state index in [2.05, 4.69) is 22.0 Å². The van der Waals surface area contributed by atoms with Crippen LogP contribution >= 0.6 is 15.9 Å². The Labute approximate surface area is 81.6 Å². The summed E-state index contributed by atoms with van der Waals surface area (Å²) in [7, 11) is 0. The van der Waals surface area contributed by atoms with Gasteiger partial charge in [0.2, 0.25) is 0 Å². The second-order valence-corrected chi connectivity index (χ2v) is 3.99. The van der Waals surface area contributed by atoms with Gasteiger partial charge in [0.05, 0.1) is 6.10 Å².